The third kappa shape index (κ3) is 16.7. The highest BCUT2D eigenvalue weighted by atomic mass is 16.6. The van der Waals surface area contributed by atoms with Crippen molar-refractivity contribution in [2.24, 2.45) is 0 Å². The fourth-order valence-corrected chi connectivity index (χ4v) is 5.28. The molecule has 0 saturated carbocycles. The number of aromatic hydroxyl groups is 1. The molecule has 0 amide bonds. The first-order valence-electron chi connectivity index (χ1n) is 18.2. The van der Waals surface area contributed by atoms with E-state index in [1.807, 2.05) is 6.92 Å². The van der Waals surface area contributed by atoms with Crippen LogP contribution in [0.1, 0.15) is 179 Å². The van der Waals surface area contributed by atoms with E-state index in [0.717, 1.165) is 57.8 Å². The Morgan fingerprint density at radius 3 is 1.11 bits per heavy atom. The van der Waals surface area contributed by atoms with Crippen molar-refractivity contribution in [1.82, 2.24) is 0 Å². The summed E-state index contributed by atoms with van der Waals surface area (Å²) in [5.74, 6) is -1.17. The van der Waals surface area contributed by atoms with E-state index in [0.29, 0.717) is 32.8 Å². The first kappa shape index (κ1) is 39.7. The zero-order valence-corrected chi connectivity index (χ0v) is 28.8. The van der Waals surface area contributed by atoms with Gasteiger partial charge in [0.2, 0.25) is 17.2 Å². The minimum absolute atomic E-state index is 0.0324. The Morgan fingerprint density at radius 2 is 0.750 bits per heavy atom. The summed E-state index contributed by atoms with van der Waals surface area (Å²) >= 11 is 0. The van der Waals surface area contributed by atoms with Gasteiger partial charge in [-0.2, -0.15) is 0 Å². The maximum absolute atomic E-state index is 12.5. The lowest BCUT2D eigenvalue weighted by Crippen LogP contribution is -2.12. The van der Waals surface area contributed by atoms with Crippen LogP contribution in [0.25, 0.3) is 0 Å². The molecule has 0 aromatic heterocycles. The molecule has 7 heteroatoms. The van der Waals surface area contributed by atoms with Crippen molar-refractivity contribution in [3.63, 3.8) is 0 Å². The predicted molar refractivity (Wildman–Crippen MR) is 181 cm³/mol. The van der Waals surface area contributed by atoms with Gasteiger partial charge in [0.1, 0.15) is 0 Å². The molecule has 1 aromatic carbocycles. The average Bonchev–Trinajstić information content (AvgIpc) is 3.01. The molecule has 7 nitrogen and oxygen atoms in total. The molecule has 0 heterocycles. The number of hydrogen-bond acceptors (Lipinski definition) is 6. The number of phenols is 1. The Morgan fingerprint density at radius 1 is 0.432 bits per heavy atom. The van der Waals surface area contributed by atoms with E-state index < -0.39 is 11.7 Å². The van der Waals surface area contributed by atoms with E-state index in [2.05, 4.69) is 20.8 Å². The van der Waals surface area contributed by atoms with Crippen LogP contribution >= 0.6 is 0 Å². The monoisotopic (exact) mass is 622 g/mol. The van der Waals surface area contributed by atoms with Crippen molar-refractivity contribution in [2.45, 2.75) is 169 Å². The fraction of sp³-hybridized carbons (Fsp3) is 0.811. The highest BCUT2D eigenvalue weighted by Gasteiger charge is 2.32. The smallest absolute Gasteiger partial charge is 0.343 e. The van der Waals surface area contributed by atoms with Gasteiger partial charge in [0, 0.05) is 0 Å². The molecule has 0 bridgehead atoms. The average molecular weight is 623 g/mol. The first-order chi connectivity index (χ1) is 21.5. The molecular weight excluding hydrogens is 556 g/mol. The van der Waals surface area contributed by atoms with E-state index in [9.17, 15) is 15.0 Å². The third-order valence-corrected chi connectivity index (χ3v) is 7.94. The Balaban J connectivity index is 3.16. The Hall–Kier alpha value is -2.31. The van der Waals surface area contributed by atoms with Gasteiger partial charge in [-0.25, -0.2) is 4.79 Å². The zero-order chi connectivity index (χ0) is 32.3. The van der Waals surface area contributed by atoms with Crippen molar-refractivity contribution in [3.05, 3.63) is 5.56 Å². The van der Waals surface area contributed by atoms with Crippen molar-refractivity contribution in [1.29, 1.82) is 0 Å². The van der Waals surface area contributed by atoms with Crippen molar-refractivity contribution in [3.8, 4) is 28.7 Å². The number of carboxylic acid groups (broad SMARTS) is 1. The highest BCUT2D eigenvalue weighted by molar-refractivity contribution is 5.97. The summed E-state index contributed by atoms with van der Waals surface area (Å²) < 4.78 is 24.6. The molecular formula is C37H66O7. The topological polar surface area (TPSA) is 94.5 Å². The van der Waals surface area contributed by atoms with Crippen LogP contribution in [0.15, 0.2) is 0 Å². The SMILES string of the molecule is CCCCCCCCCOc1c(OCCC)c(O)c(C(=O)O)c(OCCCCCCCCC)c1OCCCCCCCCC. The van der Waals surface area contributed by atoms with Crippen LogP contribution in [0.3, 0.4) is 0 Å². The lowest BCUT2D eigenvalue weighted by atomic mass is 10.1. The third-order valence-electron chi connectivity index (χ3n) is 7.94. The quantitative estimate of drug-likeness (QED) is 0.0795. The normalized spacial score (nSPS) is 11.1. The van der Waals surface area contributed by atoms with Gasteiger partial charge in [-0.05, 0) is 25.7 Å². The van der Waals surface area contributed by atoms with E-state index in [4.69, 9.17) is 18.9 Å². The van der Waals surface area contributed by atoms with Crippen LogP contribution in [0.4, 0.5) is 0 Å². The number of hydrogen-bond donors (Lipinski definition) is 2. The number of ether oxygens (including phenoxy) is 4. The Bertz CT molecular complexity index is 855. The maximum Gasteiger partial charge on any atom is 0.343 e. The summed E-state index contributed by atoms with van der Waals surface area (Å²) in [6, 6.07) is 0. The molecule has 0 aliphatic heterocycles. The largest absolute Gasteiger partial charge is 0.503 e. The number of benzene rings is 1. The van der Waals surface area contributed by atoms with Crippen LogP contribution in [-0.4, -0.2) is 42.6 Å². The van der Waals surface area contributed by atoms with E-state index in [-0.39, 0.29) is 28.6 Å². The lowest BCUT2D eigenvalue weighted by molar-refractivity contribution is 0.0685. The standard InChI is InChI=1S/C37H66O7/c1-5-9-12-15-18-21-24-28-42-33-31(37(39)40)32(38)34(41-27-8-4)36(44-30-26-23-20-17-14-11-7-3)35(33)43-29-25-22-19-16-13-10-6-2/h38H,5-30H2,1-4H3,(H,39,40). The van der Waals surface area contributed by atoms with Crippen molar-refractivity contribution >= 4 is 5.97 Å². The molecule has 0 spiro atoms. The molecule has 2 N–H and O–H groups in total. The Labute approximate surface area is 269 Å². The van der Waals surface area contributed by atoms with Crippen LogP contribution in [0.5, 0.6) is 28.7 Å². The van der Waals surface area contributed by atoms with Gasteiger partial charge in [0.15, 0.2) is 17.1 Å². The van der Waals surface area contributed by atoms with Crippen LogP contribution < -0.4 is 18.9 Å². The zero-order valence-electron chi connectivity index (χ0n) is 28.8. The van der Waals surface area contributed by atoms with Gasteiger partial charge in [-0.3, -0.25) is 0 Å². The molecule has 0 fully saturated rings. The molecule has 0 radical (unpaired) electrons. The Kier molecular flexibility index (Phi) is 24.4. The van der Waals surface area contributed by atoms with Gasteiger partial charge in [0.25, 0.3) is 0 Å². The van der Waals surface area contributed by atoms with Gasteiger partial charge < -0.3 is 29.2 Å². The molecule has 0 aliphatic rings. The number of carboxylic acids is 1. The molecule has 256 valence electrons. The summed E-state index contributed by atoms with van der Waals surface area (Å²) in [5.41, 5.74) is -0.322. The summed E-state index contributed by atoms with van der Waals surface area (Å²) in [4.78, 5) is 12.5. The summed E-state index contributed by atoms with van der Waals surface area (Å²) in [6.45, 7) is 10.1. The minimum Gasteiger partial charge on any atom is -0.503 e. The maximum atomic E-state index is 12.5. The van der Waals surface area contributed by atoms with Crippen LogP contribution in [0, 0.1) is 0 Å². The highest BCUT2D eigenvalue weighted by Crippen LogP contribution is 2.53. The molecule has 1 rings (SSSR count). The number of rotatable bonds is 31. The predicted octanol–water partition coefficient (Wildman–Crippen LogP) is 11.3. The molecule has 0 saturated heterocycles. The van der Waals surface area contributed by atoms with Crippen LogP contribution in [-0.2, 0) is 0 Å². The van der Waals surface area contributed by atoms with Crippen molar-refractivity contribution < 1.29 is 34.0 Å². The molecule has 0 atom stereocenters. The minimum atomic E-state index is -1.28. The second-order valence-corrected chi connectivity index (χ2v) is 12.1. The van der Waals surface area contributed by atoms with Gasteiger partial charge in [-0.15, -0.1) is 0 Å². The molecule has 1 aromatic rings. The number of unbranched alkanes of at least 4 members (excludes halogenated alkanes) is 18. The molecule has 44 heavy (non-hydrogen) atoms. The number of carbonyl (C=O) groups is 1. The molecule has 0 aliphatic carbocycles. The second kappa shape index (κ2) is 27.0. The first-order valence-corrected chi connectivity index (χ1v) is 18.2. The van der Waals surface area contributed by atoms with Gasteiger partial charge in [-0.1, -0.05) is 143 Å². The summed E-state index contributed by atoms with van der Waals surface area (Å²) in [5, 5.41) is 21.4. The van der Waals surface area contributed by atoms with Crippen molar-refractivity contribution in [2.75, 3.05) is 26.4 Å². The van der Waals surface area contributed by atoms with Gasteiger partial charge >= 0.3 is 5.97 Å². The van der Waals surface area contributed by atoms with E-state index in [1.165, 1.54) is 77.0 Å². The summed E-state index contributed by atoms with van der Waals surface area (Å²) in [6.07, 6.45) is 24.5. The second-order valence-electron chi connectivity index (χ2n) is 12.1. The summed E-state index contributed by atoms with van der Waals surface area (Å²) in [7, 11) is 0. The van der Waals surface area contributed by atoms with E-state index >= 15 is 0 Å². The fourth-order valence-electron chi connectivity index (χ4n) is 5.28. The number of aromatic carboxylic acids is 1. The molecule has 0 unspecified atom stereocenters. The van der Waals surface area contributed by atoms with E-state index in [1.54, 1.807) is 0 Å². The van der Waals surface area contributed by atoms with Crippen LogP contribution in [0.2, 0.25) is 0 Å². The lowest BCUT2D eigenvalue weighted by Gasteiger charge is -2.23. The van der Waals surface area contributed by atoms with Gasteiger partial charge in [0.05, 0.1) is 26.4 Å².